The first kappa shape index (κ1) is 11.6. The van der Waals surface area contributed by atoms with Crippen LogP contribution in [0.4, 0.5) is 0 Å². The molecular weight excluding hydrogens is 307 g/mol. The molecule has 0 nitrogen and oxygen atoms in total. The van der Waals surface area contributed by atoms with Gasteiger partial charge in [-0.1, -0.05) is 77.2 Å². The number of rotatable bonds is 4. The smallest absolute Gasteiger partial charge is 0.0175 e. The lowest BCUT2D eigenvalue weighted by atomic mass is 10.0. The third kappa shape index (κ3) is 3.08. The number of halogens is 1. The molecule has 0 aliphatic rings. The molecule has 0 heterocycles. The summed E-state index contributed by atoms with van der Waals surface area (Å²) in [7, 11) is 0. The van der Waals surface area contributed by atoms with Crippen LogP contribution in [0.5, 0.6) is 0 Å². The van der Waals surface area contributed by atoms with E-state index in [1.165, 1.54) is 16.3 Å². The van der Waals surface area contributed by atoms with E-state index in [1.54, 1.807) is 0 Å². The van der Waals surface area contributed by atoms with Crippen molar-refractivity contribution in [1.82, 2.24) is 0 Å². The molecule has 2 aromatic carbocycles. The number of hydrogen-bond acceptors (Lipinski definition) is 0. The summed E-state index contributed by atoms with van der Waals surface area (Å²) >= 11 is 2.37. The summed E-state index contributed by atoms with van der Waals surface area (Å²) in [6, 6.07) is 15.3. The van der Waals surface area contributed by atoms with Gasteiger partial charge in [0.15, 0.2) is 0 Å². The second kappa shape index (κ2) is 6.04. The van der Waals surface area contributed by atoms with Gasteiger partial charge in [-0.15, -0.1) is 0 Å². The lowest BCUT2D eigenvalue weighted by molar-refractivity contribution is 1.00. The normalized spacial score (nSPS) is 11.3. The van der Waals surface area contributed by atoms with Crippen LogP contribution in [0.1, 0.15) is 12.0 Å². The zero-order valence-corrected chi connectivity index (χ0v) is 11.4. The number of aryl methyl sites for hydroxylation is 1. The van der Waals surface area contributed by atoms with Crippen LogP contribution in [0.25, 0.3) is 10.8 Å². The maximum atomic E-state index is 2.37. The van der Waals surface area contributed by atoms with Gasteiger partial charge in [0.25, 0.3) is 0 Å². The molecule has 0 fully saturated rings. The van der Waals surface area contributed by atoms with E-state index in [2.05, 4.69) is 77.2 Å². The summed E-state index contributed by atoms with van der Waals surface area (Å²) in [5, 5.41) is 2.67. The largest absolute Gasteiger partial charge is 0.0874 e. The Labute approximate surface area is 111 Å². The first-order chi connectivity index (χ1) is 7.90. The summed E-state index contributed by atoms with van der Waals surface area (Å²) in [5.74, 6) is 0. The van der Waals surface area contributed by atoms with Crippen molar-refractivity contribution in [2.75, 3.05) is 4.43 Å². The molecule has 0 amide bonds. The van der Waals surface area contributed by atoms with Gasteiger partial charge in [0.2, 0.25) is 0 Å². The molecule has 2 rings (SSSR count). The SMILES string of the molecule is IC/C=C/CCc1ccc2ccccc2c1. The van der Waals surface area contributed by atoms with Gasteiger partial charge in [-0.3, -0.25) is 0 Å². The minimum atomic E-state index is 1.11. The number of hydrogen-bond donors (Lipinski definition) is 0. The van der Waals surface area contributed by atoms with Crippen LogP contribution in [-0.4, -0.2) is 4.43 Å². The Hall–Kier alpha value is -0.830. The molecule has 2 aromatic rings. The summed E-state index contributed by atoms with van der Waals surface area (Å²) in [4.78, 5) is 0. The van der Waals surface area contributed by atoms with Gasteiger partial charge in [-0.2, -0.15) is 0 Å². The summed E-state index contributed by atoms with van der Waals surface area (Å²) in [6.07, 6.45) is 6.77. The molecule has 0 aliphatic heterocycles. The fourth-order valence-corrected chi connectivity index (χ4v) is 2.18. The van der Waals surface area contributed by atoms with Gasteiger partial charge in [0, 0.05) is 4.43 Å². The van der Waals surface area contributed by atoms with Gasteiger partial charge in [0.1, 0.15) is 0 Å². The lowest BCUT2D eigenvalue weighted by Gasteiger charge is -2.01. The van der Waals surface area contributed by atoms with E-state index in [9.17, 15) is 0 Å². The Kier molecular flexibility index (Phi) is 4.40. The first-order valence-electron chi connectivity index (χ1n) is 5.59. The monoisotopic (exact) mass is 322 g/mol. The van der Waals surface area contributed by atoms with E-state index in [4.69, 9.17) is 0 Å². The number of allylic oxidation sites excluding steroid dienone is 2. The summed E-state index contributed by atoms with van der Waals surface area (Å²) < 4.78 is 1.11. The number of fused-ring (bicyclic) bond motifs is 1. The molecule has 82 valence electrons. The molecule has 16 heavy (non-hydrogen) atoms. The highest BCUT2D eigenvalue weighted by Crippen LogP contribution is 2.16. The van der Waals surface area contributed by atoms with Gasteiger partial charge in [0.05, 0.1) is 0 Å². The highest BCUT2D eigenvalue weighted by atomic mass is 127. The van der Waals surface area contributed by atoms with Gasteiger partial charge < -0.3 is 0 Å². The molecule has 0 atom stereocenters. The van der Waals surface area contributed by atoms with Crippen LogP contribution in [0, 0.1) is 0 Å². The van der Waals surface area contributed by atoms with Gasteiger partial charge in [-0.25, -0.2) is 0 Å². The van der Waals surface area contributed by atoms with E-state index < -0.39 is 0 Å². The Bertz CT molecular complexity index is 486. The zero-order valence-electron chi connectivity index (χ0n) is 9.20. The second-order valence-electron chi connectivity index (χ2n) is 3.85. The Morgan fingerprint density at radius 1 is 0.938 bits per heavy atom. The summed E-state index contributed by atoms with van der Waals surface area (Å²) in [5.41, 5.74) is 1.43. The highest BCUT2D eigenvalue weighted by molar-refractivity contribution is 14.1. The van der Waals surface area contributed by atoms with Gasteiger partial charge in [-0.05, 0) is 29.2 Å². The standard InChI is InChI=1S/C15H15I/c16-11-5-1-2-6-13-9-10-14-7-3-4-8-15(14)12-13/h1,3-5,7-10,12H,2,6,11H2/b5-1+. The minimum Gasteiger partial charge on any atom is -0.0874 e. The molecule has 0 N–H and O–H groups in total. The van der Waals surface area contributed by atoms with Crippen LogP contribution in [0.2, 0.25) is 0 Å². The maximum Gasteiger partial charge on any atom is 0.0175 e. The molecular formula is C15H15I. The van der Waals surface area contributed by atoms with Crippen molar-refractivity contribution in [3.63, 3.8) is 0 Å². The van der Waals surface area contributed by atoms with Crippen LogP contribution in [0.3, 0.4) is 0 Å². The van der Waals surface area contributed by atoms with Crippen LogP contribution in [0.15, 0.2) is 54.6 Å². The average molecular weight is 322 g/mol. The van der Waals surface area contributed by atoms with Crippen molar-refractivity contribution in [3.05, 3.63) is 60.2 Å². The fourth-order valence-electron chi connectivity index (χ4n) is 1.83. The van der Waals surface area contributed by atoms with Crippen molar-refractivity contribution < 1.29 is 0 Å². The van der Waals surface area contributed by atoms with Crippen molar-refractivity contribution >= 4 is 33.4 Å². The molecule has 0 spiro atoms. The van der Waals surface area contributed by atoms with Crippen LogP contribution < -0.4 is 0 Å². The summed E-state index contributed by atoms with van der Waals surface area (Å²) in [6.45, 7) is 0. The Morgan fingerprint density at radius 2 is 1.75 bits per heavy atom. The minimum absolute atomic E-state index is 1.11. The molecule has 0 aliphatic carbocycles. The quantitative estimate of drug-likeness (QED) is 0.432. The topological polar surface area (TPSA) is 0 Å². The van der Waals surface area contributed by atoms with Gasteiger partial charge >= 0.3 is 0 Å². The second-order valence-corrected chi connectivity index (χ2v) is 4.73. The van der Waals surface area contributed by atoms with E-state index >= 15 is 0 Å². The number of benzene rings is 2. The fraction of sp³-hybridized carbons (Fsp3) is 0.200. The first-order valence-corrected chi connectivity index (χ1v) is 7.11. The average Bonchev–Trinajstić information content (AvgIpc) is 2.34. The van der Waals surface area contributed by atoms with E-state index in [-0.39, 0.29) is 0 Å². The number of alkyl halides is 1. The third-order valence-corrected chi connectivity index (χ3v) is 3.18. The molecule has 0 radical (unpaired) electrons. The Balaban J connectivity index is 2.10. The predicted octanol–water partition coefficient (Wildman–Crippen LogP) is 4.76. The molecule has 0 bridgehead atoms. The zero-order chi connectivity index (χ0) is 11.2. The lowest BCUT2D eigenvalue weighted by Crippen LogP contribution is -1.83. The van der Waals surface area contributed by atoms with Crippen molar-refractivity contribution in [1.29, 1.82) is 0 Å². The van der Waals surface area contributed by atoms with Crippen molar-refractivity contribution in [3.8, 4) is 0 Å². The molecule has 1 heteroatoms. The maximum absolute atomic E-state index is 2.37. The third-order valence-electron chi connectivity index (χ3n) is 2.67. The van der Waals surface area contributed by atoms with E-state index in [0.29, 0.717) is 0 Å². The van der Waals surface area contributed by atoms with Crippen LogP contribution >= 0.6 is 22.6 Å². The van der Waals surface area contributed by atoms with Crippen molar-refractivity contribution in [2.45, 2.75) is 12.8 Å². The molecule has 0 saturated carbocycles. The molecule has 0 unspecified atom stereocenters. The predicted molar refractivity (Wildman–Crippen MR) is 80.3 cm³/mol. The van der Waals surface area contributed by atoms with E-state index in [1.807, 2.05) is 0 Å². The van der Waals surface area contributed by atoms with Crippen LogP contribution in [-0.2, 0) is 6.42 Å². The molecule has 0 aromatic heterocycles. The van der Waals surface area contributed by atoms with E-state index in [0.717, 1.165) is 17.3 Å². The van der Waals surface area contributed by atoms with Crippen molar-refractivity contribution in [2.24, 2.45) is 0 Å². The molecule has 0 saturated heterocycles. The Morgan fingerprint density at radius 3 is 2.56 bits per heavy atom. The highest BCUT2D eigenvalue weighted by Gasteiger charge is 1.94.